The quantitative estimate of drug-likeness (QED) is 0.479. The van der Waals surface area contributed by atoms with Crippen molar-refractivity contribution in [2.24, 2.45) is 0 Å². The first-order valence-corrected chi connectivity index (χ1v) is 10.3. The lowest BCUT2D eigenvalue weighted by molar-refractivity contribution is -0.119. The third-order valence-corrected chi connectivity index (χ3v) is 6.13. The van der Waals surface area contributed by atoms with Crippen LogP contribution in [0.15, 0.2) is 41.7 Å². The highest BCUT2D eigenvalue weighted by atomic mass is 32.2. The van der Waals surface area contributed by atoms with Gasteiger partial charge in [0.1, 0.15) is 17.2 Å². The van der Waals surface area contributed by atoms with Crippen molar-refractivity contribution < 1.29 is 14.0 Å². The highest BCUT2D eigenvalue weighted by Gasteiger charge is 2.20. The first kappa shape index (κ1) is 20.2. The fourth-order valence-electron chi connectivity index (χ4n) is 2.41. The third kappa shape index (κ3) is 4.85. The van der Waals surface area contributed by atoms with Crippen molar-refractivity contribution in [2.45, 2.75) is 37.1 Å². The van der Waals surface area contributed by atoms with Gasteiger partial charge in [-0.05, 0) is 44.5 Å². The van der Waals surface area contributed by atoms with Crippen LogP contribution < -0.4 is 10.6 Å². The number of halogens is 1. The summed E-state index contributed by atoms with van der Waals surface area (Å²) in [5.41, 5.74) is 1.64. The number of urea groups is 1. The molecule has 3 amide bonds. The molecule has 1 atom stereocenters. The number of carbonyl (C=O) groups excluding carboxylic acids is 2. The fourth-order valence-corrected chi connectivity index (χ4v) is 4.50. The van der Waals surface area contributed by atoms with Crippen LogP contribution in [0, 0.1) is 5.82 Å². The molecule has 2 N–H and O–H groups in total. The average Bonchev–Trinajstić information content (AvgIpc) is 3.06. The Morgan fingerprint density at radius 3 is 2.54 bits per heavy atom. The van der Waals surface area contributed by atoms with Crippen LogP contribution >= 0.6 is 23.1 Å². The molecule has 0 radical (unpaired) electrons. The minimum Gasteiger partial charge on any atom is -0.336 e. The minimum atomic E-state index is -0.521. The molecule has 6 nitrogen and oxygen atoms in total. The van der Waals surface area contributed by atoms with Gasteiger partial charge in [-0.15, -0.1) is 11.3 Å². The van der Waals surface area contributed by atoms with Gasteiger partial charge in [0.2, 0.25) is 5.91 Å². The summed E-state index contributed by atoms with van der Waals surface area (Å²) in [5, 5.41) is 5.09. The molecule has 0 spiro atoms. The predicted molar refractivity (Wildman–Crippen MR) is 110 cm³/mol. The monoisotopic (exact) mass is 418 g/mol. The Hall–Kier alpha value is -2.52. The maximum absolute atomic E-state index is 13.2. The zero-order valence-electron chi connectivity index (χ0n) is 15.5. The van der Waals surface area contributed by atoms with Gasteiger partial charge in [-0.25, -0.2) is 19.2 Å². The van der Waals surface area contributed by atoms with Gasteiger partial charge in [0.05, 0.1) is 15.5 Å². The number of benzene rings is 1. The number of aromatic nitrogens is 2. The van der Waals surface area contributed by atoms with Gasteiger partial charge in [-0.1, -0.05) is 23.9 Å². The Bertz CT molecular complexity index is 1000. The minimum absolute atomic E-state index is 0.0618. The van der Waals surface area contributed by atoms with Crippen LogP contribution in [0.3, 0.4) is 0 Å². The second-order valence-electron chi connectivity index (χ2n) is 6.39. The molecular weight excluding hydrogens is 399 g/mol. The number of hydrogen-bond acceptors (Lipinski definition) is 6. The second-order valence-corrected chi connectivity index (χ2v) is 8.77. The number of nitrogens with one attached hydrogen (secondary N) is 2. The number of carbonyl (C=O) groups is 2. The van der Waals surface area contributed by atoms with E-state index in [9.17, 15) is 14.0 Å². The number of rotatable bonds is 5. The molecule has 0 bridgehead atoms. The van der Waals surface area contributed by atoms with Crippen molar-refractivity contribution in [1.29, 1.82) is 0 Å². The second kappa shape index (κ2) is 8.66. The Labute approximate surface area is 170 Å². The molecule has 0 saturated carbocycles. The van der Waals surface area contributed by atoms with Crippen LogP contribution in [0.25, 0.3) is 20.7 Å². The maximum atomic E-state index is 13.2. The fraction of sp³-hybridized carbons (Fsp3) is 0.263. The number of thiophene rings is 1. The zero-order valence-corrected chi connectivity index (χ0v) is 17.2. The molecule has 0 unspecified atom stereocenters. The lowest BCUT2D eigenvalue weighted by atomic mass is 10.2. The molecule has 0 saturated heterocycles. The van der Waals surface area contributed by atoms with Crippen LogP contribution in [0.1, 0.15) is 20.8 Å². The topological polar surface area (TPSA) is 84.0 Å². The van der Waals surface area contributed by atoms with E-state index in [0.717, 1.165) is 20.7 Å². The molecule has 28 heavy (non-hydrogen) atoms. The Morgan fingerprint density at radius 2 is 1.86 bits per heavy atom. The van der Waals surface area contributed by atoms with E-state index in [2.05, 4.69) is 20.6 Å². The van der Waals surface area contributed by atoms with Gasteiger partial charge in [0.25, 0.3) is 0 Å². The van der Waals surface area contributed by atoms with E-state index in [1.165, 1.54) is 41.6 Å². The van der Waals surface area contributed by atoms with E-state index in [4.69, 9.17) is 0 Å². The molecular formula is C19H19FN4O2S2. The van der Waals surface area contributed by atoms with E-state index in [-0.39, 0.29) is 11.9 Å². The van der Waals surface area contributed by atoms with Crippen LogP contribution in [0.4, 0.5) is 9.18 Å². The van der Waals surface area contributed by atoms with E-state index in [0.29, 0.717) is 5.03 Å². The number of thioether (sulfide) groups is 1. The molecule has 2 aromatic heterocycles. The van der Waals surface area contributed by atoms with Gasteiger partial charge < -0.3 is 5.32 Å². The van der Waals surface area contributed by atoms with Crippen molar-refractivity contribution >= 4 is 45.3 Å². The SMILES string of the molecule is CC(C)NC(=O)NC(=O)[C@H](C)Sc1ncnc2cc(-c3ccc(F)cc3)sc12. The summed E-state index contributed by atoms with van der Waals surface area (Å²) in [6.45, 7) is 5.34. The van der Waals surface area contributed by atoms with Crippen molar-refractivity contribution in [2.75, 3.05) is 0 Å². The van der Waals surface area contributed by atoms with Crippen molar-refractivity contribution in [3.05, 3.63) is 42.5 Å². The summed E-state index contributed by atoms with van der Waals surface area (Å²) in [6.07, 6.45) is 1.45. The van der Waals surface area contributed by atoms with Gasteiger partial charge in [-0.3, -0.25) is 10.1 Å². The Kier molecular flexibility index (Phi) is 6.25. The van der Waals surface area contributed by atoms with E-state index in [1.807, 2.05) is 19.9 Å². The molecule has 2 heterocycles. The molecule has 0 aliphatic rings. The summed E-state index contributed by atoms with van der Waals surface area (Å²) >= 11 is 2.74. The lowest BCUT2D eigenvalue weighted by Gasteiger charge is -2.13. The van der Waals surface area contributed by atoms with E-state index in [1.54, 1.807) is 19.1 Å². The largest absolute Gasteiger partial charge is 0.336 e. The molecule has 3 aromatic rings. The van der Waals surface area contributed by atoms with Crippen molar-refractivity contribution in [1.82, 2.24) is 20.6 Å². The molecule has 146 valence electrons. The number of hydrogen-bond donors (Lipinski definition) is 2. The average molecular weight is 419 g/mol. The highest BCUT2D eigenvalue weighted by Crippen LogP contribution is 2.38. The molecule has 9 heteroatoms. The Balaban J connectivity index is 1.78. The van der Waals surface area contributed by atoms with Crippen LogP contribution in [0.5, 0.6) is 0 Å². The molecule has 0 fully saturated rings. The van der Waals surface area contributed by atoms with Gasteiger partial charge in [0.15, 0.2) is 0 Å². The summed E-state index contributed by atoms with van der Waals surface area (Å²) in [4.78, 5) is 33.5. The highest BCUT2D eigenvalue weighted by molar-refractivity contribution is 8.00. The molecule has 0 aliphatic heterocycles. The molecule has 1 aromatic carbocycles. The van der Waals surface area contributed by atoms with Gasteiger partial charge in [-0.2, -0.15) is 0 Å². The summed E-state index contributed by atoms with van der Waals surface area (Å²) in [7, 11) is 0. The summed E-state index contributed by atoms with van der Waals surface area (Å²) < 4.78 is 14.0. The lowest BCUT2D eigenvalue weighted by Crippen LogP contribution is -2.45. The number of fused-ring (bicyclic) bond motifs is 1. The zero-order chi connectivity index (χ0) is 20.3. The normalized spacial score (nSPS) is 12.2. The summed E-state index contributed by atoms with van der Waals surface area (Å²) in [5.74, 6) is -0.688. The van der Waals surface area contributed by atoms with Gasteiger partial charge >= 0.3 is 6.03 Å². The molecule has 3 rings (SSSR count). The van der Waals surface area contributed by atoms with Crippen molar-refractivity contribution in [3.63, 3.8) is 0 Å². The van der Waals surface area contributed by atoms with Crippen LogP contribution in [0.2, 0.25) is 0 Å². The maximum Gasteiger partial charge on any atom is 0.321 e. The standard InChI is InChI=1S/C19H19FN4O2S2/c1-10(2)23-19(26)24-17(25)11(3)27-18-16-14(21-9-22-18)8-15(28-16)12-4-6-13(20)7-5-12/h4-11H,1-3H3,(H2,23,24,25,26)/t11-/m0/s1. The van der Waals surface area contributed by atoms with Crippen LogP contribution in [-0.4, -0.2) is 33.2 Å². The van der Waals surface area contributed by atoms with Crippen LogP contribution in [-0.2, 0) is 4.79 Å². The number of amides is 3. The van der Waals surface area contributed by atoms with E-state index < -0.39 is 17.2 Å². The third-order valence-electron chi connectivity index (χ3n) is 3.72. The number of nitrogens with zero attached hydrogens (tertiary/aromatic N) is 2. The van der Waals surface area contributed by atoms with Crippen molar-refractivity contribution in [3.8, 4) is 10.4 Å². The number of imide groups is 1. The predicted octanol–water partition coefficient (Wildman–Crippen LogP) is 4.21. The first-order valence-electron chi connectivity index (χ1n) is 8.62. The Morgan fingerprint density at radius 1 is 1.14 bits per heavy atom. The smallest absolute Gasteiger partial charge is 0.321 e. The van der Waals surface area contributed by atoms with Gasteiger partial charge in [0, 0.05) is 10.9 Å². The molecule has 0 aliphatic carbocycles. The van der Waals surface area contributed by atoms with E-state index >= 15 is 0 Å². The summed E-state index contributed by atoms with van der Waals surface area (Å²) in [6, 6.07) is 7.58. The first-order chi connectivity index (χ1) is 13.3.